The Hall–Kier alpha value is -0.260. The van der Waals surface area contributed by atoms with Crippen LogP contribution in [0.4, 0.5) is 0 Å². The van der Waals surface area contributed by atoms with Crippen LogP contribution in [0.15, 0.2) is 11.6 Å². The second kappa shape index (κ2) is 1.18. The first-order valence-electron chi connectivity index (χ1n) is 3.50. The third-order valence-corrected chi connectivity index (χ3v) is 2.55. The van der Waals surface area contributed by atoms with Gasteiger partial charge in [-0.2, -0.15) is 0 Å². The van der Waals surface area contributed by atoms with Gasteiger partial charge in [-0.3, -0.25) is 0 Å². The minimum Gasteiger partial charge on any atom is -0.0819 e. The Bertz CT molecular complexity index is 144. The van der Waals surface area contributed by atoms with Gasteiger partial charge in [-0.1, -0.05) is 25.5 Å². The maximum atomic E-state index is 2.45. The van der Waals surface area contributed by atoms with Crippen LogP contribution in [0.25, 0.3) is 0 Å². The average molecular weight is 108 g/mol. The Morgan fingerprint density at radius 2 is 2.25 bits per heavy atom. The van der Waals surface area contributed by atoms with Crippen molar-refractivity contribution in [2.24, 2.45) is 17.8 Å². The molecule has 0 N–H and O–H groups in total. The van der Waals surface area contributed by atoms with Crippen molar-refractivity contribution < 1.29 is 0 Å². The zero-order valence-corrected chi connectivity index (χ0v) is 5.52. The standard InChI is InChI=1S/C8H12/c1-5-3-7-6(2)8(7)4-5/h3,5-6,8H,4H2,1-2H3. The molecule has 0 aromatic rings. The van der Waals surface area contributed by atoms with E-state index >= 15 is 0 Å². The quantitative estimate of drug-likeness (QED) is 0.417. The molecule has 1 fully saturated rings. The van der Waals surface area contributed by atoms with E-state index in [-0.39, 0.29) is 0 Å². The molecule has 0 radical (unpaired) electrons. The largest absolute Gasteiger partial charge is 0.0819 e. The zero-order chi connectivity index (χ0) is 5.72. The highest BCUT2D eigenvalue weighted by atomic mass is 14.5. The summed E-state index contributed by atoms with van der Waals surface area (Å²) in [6.45, 7) is 4.65. The molecule has 2 aliphatic carbocycles. The van der Waals surface area contributed by atoms with Gasteiger partial charge in [0.25, 0.3) is 0 Å². The molecule has 0 heterocycles. The summed E-state index contributed by atoms with van der Waals surface area (Å²) in [6, 6.07) is 0. The van der Waals surface area contributed by atoms with E-state index in [0.717, 1.165) is 17.8 Å². The van der Waals surface area contributed by atoms with Crippen molar-refractivity contribution in [1.29, 1.82) is 0 Å². The lowest BCUT2D eigenvalue weighted by molar-refractivity contribution is 0.583. The topological polar surface area (TPSA) is 0 Å². The van der Waals surface area contributed by atoms with Crippen LogP contribution in [0.2, 0.25) is 0 Å². The van der Waals surface area contributed by atoms with Crippen LogP contribution in [0, 0.1) is 17.8 Å². The van der Waals surface area contributed by atoms with Crippen LogP contribution in [0.1, 0.15) is 20.3 Å². The molecule has 1 saturated carbocycles. The van der Waals surface area contributed by atoms with Crippen molar-refractivity contribution in [3.05, 3.63) is 11.6 Å². The van der Waals surface area contributed by atoms with Crippen molar-refractivity contribution in [3.8, 4) is 0 Å². The molecule has 2 rings (SSSR count). The fourth-order valence-corrected chi connectivity index (χ4v) is 1.91. The van der Waals surface area contributed by atoms with E-state index in [4.69, 9.17) is 0 Å². The maximum absolute atomic E-state index is 2.45. The molecule has 0 aliphatic heterocycles. The summed E-state index contributed by atoms with van der Waals surface area (Å²) < 4.78 is 0. The second-order valence-electron chi connectivity index (χ2n) is 3.27. The minimum absolute atomic E-state index is 0.895. The SMILES string of the molecule is CC1C=C2C(C)C2C1. The normalized spacial score (nSPS) is 50.8. The first-order valence-corrected chi connectivity index (χ1v) is 3.50. The highest BCUT2D eigenvalue weighted by Gasteiger charge is 2.44. The smallest absolute Gasteiger partial charge is 0.0132 e. The fraction of sp³-hybridized carbons (Fsp3) is 0.750. The molecule has 8 heavy (non-hydrogen) atoms. The van der Waals surface area contributed by atoms with E-state index in [1.54, 1.807) is 5.57 Å². The monoisotopic (exact) mass is 108 g/mol. The number of hydrogen-bond acceptors (Lipinski definition) is 0. The van der Waals surface area contributed by atoms with Gasteiger partial charge in [0, 0.05) is 0 Å². The Labute approximate surface area is 50.6 Å². The van der Waals surface area contributed by atoms with Crippen LogP contribution in [-0.4, -0.2) is 0 Å². The van der Waals surface area contributed by atoms with Gasteiger partial charge in [0.15, 0.2) is 0 Å². The zero-order valence-electron chi connectivity index (χ0n) is 5.52. The summed E-state index contributed by atoms with van der Waals surface area (Å²) in [5.41, 5.74) is 1.75. The third kappa shape index (κ3) is 0.410. The number of rotatable bonds is 0. The summed E-state index contributed by atoms with van der Waals surface area (Å²) >= 11 is 0. The first kappa shape index (κ1) is 4.60. The lowest BCUT2D eigenvalue weighted by atomic mass is 10.1. The summed E-state index contributed by atoms with van der Waals surface area (Å²) in [5.74, 6) is 2.88. The van der Waals surface area contributed by atoms with Crippen LogP contribution < -0.4 is 0 Å². The van der Waals surface area contributed by atoms with Crippen molar-refractivity contribution >= 4 is 0 Å². The van der Waals surface area contributed by atoms with Gasteiger partial charge >= 0.3 is 0 Å². The number of allylic oxidation sites excluding steroid dienone is 2. The summed E-state index contributed by atoms with van der Waals surface area (Å²) in [7, 11) is 0. The van der Waals surface area contributed by atoms with Crippen molar-refractivity contribution in [2.75, 3.05) is 0 Å². The molecule has 2 aliphatic rings. The van der Waals surface area contributed by atoms with Gasteiger partial charge in [0.05, 0.1) is 0 Å². The first-order chi connectivity index (χ1) is 3.79. The Kier molecular flexibility index (Phi) is 0.677. The molecule has 0 spiro atoms. The predicted octanol–water partition coefficient (Wildman–Crippen LogP) is 2.22. The molecule has 0 heteroatoms. The summed E-state index contributed by atoms with van der Waals surface area (Å²) in [5, 5.41) is 0. The number of hydrogen-bond donors (Lipinski definition) is 0. The van der Waals surface area contributed by atoms with Crippen LogP contribution in [0.5, 0.6) is 0 Å². The predicted molar refractivity (Wildman–Crippen MR) is 34.5 cm³/mol. The van der Waals surface area contributed by atoms with E-state index in [1.807, 2.05) is 0 Å². The van der Waals surface area contributed by atoms with Gasteiger partial charge in [-0.05, 0) is 24.2 Å². The third-order valence-electron chi connectivity index (χ3n) is 2.55. The van der Waals surface area contributed by atoms with Gasteiger partial charge in [-0.25, -0.2) is 0 Å². The van der Waals surface area contributed by atoms with E-state index in [9.17, 15) is 0 Å². The van der Waals surface area contributed by atoms with Gasteiger partial charge in [0.1, 0.15) is 0 Å². The van der Waals surface area contributed by atoms with E-state index < -0.39 is 0 Å². The minimum atomic E-state index is 0.895. The summed E-state index contributed by atoms with van der Waals surface area (Å²) in [4.78, 5) is 0. The maximum Gasteiger partial charge on any atom is -0.0132 e. The molecule has 0 saturated heterocycles. The van der Waals surface area contributed by atoms with Crippen molar-refractivity contribution in [3.63, 3.8) is 0 Å². The van der Waals surface area contributed by atoms with Crippen molar-refractivity contribution in [1.82, 2.24) is 0 Å². The molecular weight excluding hydrogens is 96.1 g/mol. The summed E-state index contributed by atoms with van der Waals surface area (Å²) in [6.07, 6.45) is 3.89. The lowest BCUT2D eigenvalue weighted by Gasteiger charge is -1.98. The molecule has 0 aromatic carbocycles. The molecule has 3 atom stereocenters. The Balaban J connectivity index is 2.20. The molecular formula is C8H12. The highest BCUT2D eigenvalue weighted by Crippen LogP contribution is 2.54. The van der Waals surface area contributed by atoms with E-state index in [1.165, 1.54) is 6.42 Å². The Morgan fingerprint density at radius 3 is 2.62 bits per heavy atom. The van der Waals surface area contributed by atoms with Crippen LogP contribution >= 0.6 is 0 Å². The van der Waals surface area contributed by atoms with Crippen LogP contribution in [0.3, 0.4) is 0 Å². The lowest BCUT2D eigenvalue weighted by Crippen LogP contribution is -1.88. The fourth-order valence-electron chi connectivity index (χ4n) is 1.91. The van der Waals surface area contributed by atoms with Crippen LogP contribution in [-0.2, 0) is 0 Å². The van der Waals surface area contributed by atoms with E-state index in [0.29, 0.717) is 0 Å². The second-order valence-corrected chi connectivity index (χ2v) is 3.27. The van der Waals surface area contributed by atoms with E-state index in [2.05, 4.69) is 19.9 Å². The molecule has 0 nitrogen and oxygen atoms in total. The van der Waals surface area contributed by atoms with Gasteiger partial charge in [0.2, 0.25) is 0 Å². The molecule has 0 bridgehead atoms. The van der Waals surface area contributed by atoms with Gasteiger partial charge < -0.3 is 0 Å². The average Bonchev–Trinajstić information content (AvgIpc) is 2.29. The highest BCUT2D eigenvalue weighted by molar-refractivity contribution is 5.33. The van der Waals surface area contributed by atoms with Gasteiger partial charge in [-0.15, -0.1) is 0 Å². The molecule has 0 aromatic heterocycles. The molecule has 0 amide bonds. The molecule has 44 valence electrons. The number of fused-ring (bicyclic) bond motifs is 1. The van der Waals surface area contributed by atoms with Crippen molar-refractivity contribution in [2.45, 2.75) is 20.3 Å². The molecule has 3 unspecified atom stereocenters. The Morgan fingerprint density at radius 1 is 1.50 bits per heavy atom.